The fourth-order valence-corrected chi connectivity index (χ4v) is 10.6. The van der Waals surface area contributed by atoms with Crippen LogP contribution in [0, 0.1) is 0 Å². The third-order valence-electron chi connectivity index (χ3n) is 13.2. The van der Waals surface area contributed by atoms with Crippen molar-refractivity contribution in [2.24, 2.45) is 0 Å². The van der Waals surface area contributed by atoms with Gasteiger partial charge in [-0.2, -0.15) is 0 Å². The van der Waals surface area contributed by atoms with Crippen molar-refractivity contribution in [1.29, 1.82) is 0 Å². The van der Waals surface area contributed by atoms with Gasteiger partial charge in [-0.3, -0.25) is 0 Å². The molecule has 1 aliphatic rings. The summed E-state index contributed by atoms with van der Waals surface area (Å²) in [7, 11) is 0. The van der Waals surface area contributed by atoms with Crippen LogP contribution in [0.1, 0.15) is 25.0 Å². The van der Waals surface area contributed by atoms with Crippen molar-refractivity contribution in [3.63, 3.8) is 0 Å². The van der Waals surface area contributed by atoms with E-state index in [2.05, 4.69) is 220 Å². The van der Waals surface area contributed by atoms with E-state index in [1.54, 1.807) is 0 Å². The topological polar surface area (TPSA) is 0 Å². The second kappa shape index (κ2) is 12.9. The van der Waals surface area contributed by atoms with Crippen LogP contribution in [0.25, 0.3) is 109 Å². The summed E-state index contributed by atoms with van der Waals surface area (Å²) in [6.45, 7) is 4.85. The molecule has 0 heteroatoms. The van der Waals surface area contributed by atoms with Crippen molar-refractivity contribution in [3.05, 3.63) is 217 Å². The van der Waals surface area contributed by atoms with Gasteiger partial charge < -0.3 is 0 Å². The molecule has 11 aromatic carbocycles. The molecule has 0 heterocycles. The molecule has 0 N–H and O–H groups in total. The van der Waals surface area contributed by atoms with Gasteiger partial charge in [-0.05, 0) is 139 Å². The third kappa shape index (κ3) is 4.96. The highest BCUT2D eigenvalue weighted by atomic mass is 14.4. The van der Waals surface area contributed by atoms with Crippen molar-refractivity contribution in [2.75, 3.05) is 0 Å². The second-order valence-electron chi connectivity index (χ2n) is 16.7. The van der Waals surface area contributed by atoms with Gasteiger partial charge in [0.1, 0.15) is 0 Å². The summed E-state index contributed by atoms with van der Waals surface area (Å²) in [5.41, 5.74) is 15.4. The lowest BCUT2D eigenvalue weighted by Gasteiger charge is -2.24. The van der Waals surface area contributed by atoms with Crippen LogP contribution in [0.15, 0.2) is 206 Å². The average molecular weight is 749 g/mol. The Morgan fingerprint density at radius 1 is 0.254 bits per heavy atom. The molecular formula is C59H40. The fourth-order valence-electron chi connectivity index (χ4n) is 10.6. The van der Waals surface area contributed by atoms with Crippen LogP contribution in [0.3, 0.4) is 0 Å². The van der Waals surface area contributed by atoms with Gasteiger partial charge in [0.25, 0.3) is 0 Å². The Kier molecular flexibility index (Phi) is 7.38. The minimum Gasteiger partial charge on any atom is -0.0622 e. The van der Waals surface area contributed by atoms with Crippen LogP contribution in [-0.2, 0) is 5.41 Å². The molecule has 59 heavy (non-hydrogen) atoms. The predicted molar refractivity (Wildman–Crippen MR) is 253 cm³/mol. The van der Waals surface area contributed by atoms with E-state index in [0.29, 0.717) is 0 Å². The van der Waals surface area contributed by atoms with Crippen molar-refractivity contribution in [3.8, 4) is 55.6 Å². The van der Waals surface area contributed by atoms with Crippen molar-refractivity contribution in [2.45, 2.75) is 19.3 Å². The Morgan fingerprint density at radius 2 is 0.678 bits per heavy atom. The van der Waals surface area contributed by atoms with Gasteiger partial charge >= 0.3 is 0 Å². The molecule has 12 rings (SSSR count). The molecule has 0 amide bonds. The molecule has 0 unspecified atom stereocenters. The third-order valence-corrected chi connectivity index (χ3v) is 13.2. The molecule has 0 nitrogen and oxygen atoms in total. The summed E-state index contributed by atoms with van der Waals surface area (Å²) in [6, 6.07) is 76.9. The number of fused-ring (bicyclic) bond motifs is 8. The van der Waals surface area contributed by atoms with Crippen LogP contribution in [0.5, 0.6) is 0 Å². The monoisotopic (exact) mass is 748 g/mol. The Labute approximate surface area is 344 Å². The van der Waals surface area contributed by atoms with Crippen LogP contribution in [-0.4, -0.2) is 0 Å². The molecule has 11 aromatic rings. The Hall–Kier alpha value is -7.28. The smallest absolute Gasteiger partial charge is 0.0159 e. The maximum atomic E-state index is 2.54. The zero-order chi connectivity index (χ0) is 39.2. The first-order chi connectivity index (χ1) is 29.1. The maximum absolute atomic E-state index is 2.54. The summed E-state index contributed by atoms with van der Waals surface area (Å²) in [5, 5.41) is 12.8. The first kappa shape index (κ1) is 33.8. The molecule has 0 radical (unpaired) electrons. The van der Waals surface area contributed by atoms with Crippen LogP contribution in [0.2, 0.25) is 0 Å². The lowest BCUT2D eigenvalue weighted by atomic mass is 9.78. The number of hydrogen-bond acceptors (Lipinski definition) is 0. The van der Waals surface area contributed by atoms with Gasteiger partial charge in [-0.25, -0.2) is 0 Å². The highest BCUT2D eigenvalue weighted by molar-refractivity contribution is 6.25. The summed E-state index contributed by atoms with van der Waals surface area (Å²) < 4.78 is 0. The fraction of sp³-hybridized carbons (Fsp3) is 0.0508. The zero-order valence-electron chi connectivity index (χ0n) is 33.1. The standard InChI is InChI=1S/C59H40/c1-59(2)53-34-40(57-46-27-13-15-29-48(46)58(49-30-16-14-28-47(49)57)43-31-17-23-37-18-9-10-24-41(37)43)32-33-42(53)50-35-51-52(36-54(50)59)56(39-21-7-4-8-22-39)45-26-12-11-25-44(45)55(51)38-19-5-3-6-20-38/h3-36H,1-2H3. The quantitative estimate of drug-likeness (QED) is 0.157. The van der Waals surface area contributed by atoms with E-state index in [1.807, 2.05) is 0 Å². The SMILES string of the molecule is CC1(C)c2cc(-c3c4ccccc4c(-c4cccc5ccccc45)c4ccccc34)ccc2-c2cc3c(-c4ccccc4)c4ccccc4c(-c4ccccc4)c3cc21. The summed E-state index contributed by atoms with van der Waals surface area (Å²) >= 11 is 0. The van der Waals surface area contributed by atoms with Crippen LogP contribution < -0.4 is 0 Å². The van der Waals surface area contributed by atoms with E-state index in [-0.39, 0.29) is 5.41 Å². The average Bonchev–Trinajstić information content (AvgIpc) is 3.51. The predicted octanol–water partition coefficient (Wildman–Crippen LogP) is 16.4. The van der Waals surface area contributed by atoms with E-state index < -0.39 is 0 Å². The molecule has 0 saturated heterocycles. The molecule has 0 aromatic heterocycles. The minimum atomic E-state index is -0.226. The molecule has 0 aliphatic heterocycles. The number of hydrogen-bond donors (Lipinski definition) is 0. The molecule has 276 valence electrons. The van der Waals surface area contributed by atoms with Gasteiger partial charge in [0.05, 0.1) is 0 Å². The summed E-state index contributed by atoms with van der Waals surface area (Å²) in [4.78, 5) is 0. The van der Waals surface area contributed by atoms with Gasteiger partial charge in [0.15, 0.2) is 0 Å². The van der Waals surface area contributed by atoms with Crippen molar-refractivity contribution < 1.29 is 0 Å². The van der Waals surface area contributed by atoms with Gasteiger partial charge in [0.2, 0.25) is 0 Å². The number of benzene rings is 11. The molecule has 0 saturated carbocycles. The molecular weight excluding hydrogens is 709 g/mol. The Balaban J connectivity index is 1.13. The largest absolute Gasteiger partial charge is 0.0622 e. The van der Waals surface area contributed by atoms with Gasteiger partial charge in [-0.1, -0.05) is 202 Å². The van der Waals surface area contributed by atoms with Gasteiger partial charge in [0, 0.05) is 5.41 Å². The van der Waals surface area contributed by atoms with E-state index >= 15 is 0 Å². The highest BCUT2D eigenvalue weighted by Gasteiger charge is 2.37. The zero-order valence-corrected chi connectivity index (χ0v) is 33.1. The van der Waals surface area contributed by atoms with Gasteiger partial charge in [-0.15, -0.1) is 0 Å². The van der Waals surface area contributed by atoms with Crippen molar-refractivity contribution in [1.82, 2.24) is 0 Å². The maximum Gasteiger partial charge on any atom is 0.0159 e. The first-order valence-electron chi connectivity index (χ1n) is 20.8. The molecule has 0 spiro atoms. The first-order valence-corrected chi connectivity index (χ1v) is 20.8. The molecule has 0 atom stereocenters. The van der Waals surface area contributed by atoms with E-state index in [1.165, 1.54) is 121 Å². The van der Waals surface area contributed by atoms with E-state index in [9.17, 15) is 0 Å². The number of rotatable bonds is 4. The summed E-state index contributed by atoms with van der Waals surface area (Å²) in [5.74, 6) is 0. The van der Waals surface area contributed by atoms with Crippen molar-refractivity contribution >= 4 is 53.9 Å². The lowest BCUT2D eigenvalue weighted by molar-refractivity contribution is 0.661. The molecule has 1 aliphatic carbocycles. The highest BCUT2D eigenvalue weighted by Crippen LogP contribution is 2.55. The lowest BCUT2D eigenvalue weighted by Crippen LogP contribution is -2.15. The Bertz CT molecular complexity index is 3430. The normalized spacial score (nSPS) is 13.1. The second-order valence-corrected chi connectivity index (χ2v) is 16.7. The minimum absolute atomic E-state index is 0.226. The molecule has 0 bridgehead atoms. The van der Waals surface area contributed by atoms with Crippen LogP contribution >= 0.6 is 0 Å². The van der Waals surface area contributed by atoms with E-state index in [0.717, 1.165) is 0 Å². The Morgan fingerprint density at radius 3 is 1.24 bits per heavy atom. The van der Waals surface area contributed by atoms with Crippen LogP contribution in [0.4, 0.5) is 0 Å². The summed E-state index contributed by atoms with van der Waals surface area (Å²) in [6.07, 6.45) is 0. The van der Waals surface area contributed by atoms with E-state index in [4.69, 9.17) is 0 Å². The molecule has 0 fully saturated rings.